The number of hydrogen-bond donors (Lipinski definition) is 1. The first-order valence-corrected chi connectivity index (χ1v) is 9.99. The van der Waals surface area contributed by atoms with E-state index in [9.17, 15) is 8.42 Å². The van der Waals surface area contributed by atoms with Gasteiger partial charge in [0, 0.05) is 12.3 Å². The first-order valence-electron chi connectivity index (χ1n) is 8.51. The molecule has 0 fully saturated rings. The molecule has 5 rings (SSSR count). The Bertz CT molecular complexity index is 1160. The van der Waals surface area contributed by atoms with Crippen LogP contribution in [0.1, 0.15) is 22.9 Å². The average Bonchev–Trinajstić information content (AvgIpc) is 3.08. The Morgan fingerprint density at radius 1 is 0.808 bits per heavy atom. The van der Waals surface area contributed by atoms with Crippen LogP contribution in [0, 0.1) is 0 Å². The topological polar surface area (TPSA) is 62.8 Å². The van der Waals surface area contributed by atoms with E-state index in [2.05, 4.69) is 9.97 Å². The number of imidazole rings is 1. The van der Waals surface area contributed by atoms with Crippen LogP contribution in [0.5, 0.6) is 0 Å². The van der Waals surface area contributed by atoms with Crippen molar-refractivity contribution in [2.45, 2.75) is 22.1 Å². The molecule has 1 aromatic heterocycles. The van der Waals surface area contributed by atoms with E-state index in [0.717, 1.165) is 28.0 Å². The molecule has 3 aromatic carbocycles. The zero-order chi connectivity index (χ0) is 17.7. The lowest BCUT2D eigenvalue weighted by Gasteiger charge is -2.27. The van der Waals surface area contributed by atoms with E-state index in [1.54, 1.807) is 24.3 Å². The third-order valence-corrected chi connectivity index (χ3v) is 6.91. The second kappa shape index (κ2) is 5.54. The van der Waals surface area contributed by atoms with Gasteiger partial charge in [-0.3, -0.25) is 0 Å². The molecule has 0 bridgehead atoms. The molecule has 0 atom stereocenters. The normalized spacial score (nSPS) is 15.5. The Hall–Kier alpha value is -2.92. The van der Waals surface area contributed by atoms with E-state index in [4.69, 9.17) is 0 Å². The molecule has 128 valence electrons. The number of aromatic amines is 1. The first-order chi connectivity index (χ1) is 12.6. The molecule has 0 saturated heterocycles. The SMILES string of the molecule is O=S1(=O)c2ccccc2C(Cc2nc3ccccc3[nH]2)c2ccccc21. The number of rotatable bonds is 2. The van der Waals surface area contributed by atoms with Crippen molar-refractivity contribution in [3.05, 3.63) is 89.7 Å². The quantitative estimate of drug-likeness (QED) is 0.586. The van der Waals surface area contributed by atoms with Crippen LogP contribution < -0.4 is 0 Å². The smallest absolute Gasteiger partial charge is 0.207 e. The molecular formula is C21H16N2O2S. The number of sulfone groups is 1. The van der Waals surface area contributed by atoms with Gasteiger partial charge in [0.15, 0.2) is 0 Å². The first kappa shape index (κ1) is 15.3. The van der Waals surface area contributed by atoms with Crippen LogP contribution in [0.2, 0.25) is 0 Å². The Kier molecular flexibility index (Phi) is 3.27. The molecule has 0 saturated carbocycles. The molecule has 26 heavy (non-hydrogen) atoms. The number of fused-ring (bicyclic) bond motifs is 3. The van der Waals surface area contributed by atoms with Gasteiger partial charge in [0.1, 0.15) is 5.82 Å². The van der Waals surface area contributed by atoms with Gasteiger partial charge in [-0.25, -0.2) is 13.4 Å². The van der Waals surface area contributed by atoms with Crippen molar-refractivity contribution in [3.63, 3.8) is 0 Å². The predicted octanol–water partition coefficient (Wildman–Crippen LogP) is 4.08. The number of H-pyrrole nitrogens is 1. The average molecular weight is 360 g/mol. The molecular weight excluding hydrogens is 344 g/mol. The molecule has 0 radical (unpaired) electrons. The molecule has 0 aliphatic carbocycles. The van der Waals surface area contributed by atoms with E-state index in [1.165, 1.54) is 0 Å². The molecule has 0 spiro atoms. The third-order valence-electron chi connectivity index (χ3n) is 5.00. The number of benzene rings is 3. The fourth-order valence-electron chi connectivity index (χ4n) is 3.83. The summed E-state index contributed by atoms with van der Waals surface area (Å²) in [6.45, 7) is 0. The summed E-state index contributed by atoms with van der Waals surface area (Å²) in [5, 5.41) is 0. The summed E-state index contributed by atoms with van der Waals surface area (Å²) in [6, 6.07) is 22.5. The van der Waals surface area contributed by atoms with Crippen LogP contribution in [0.15, 0.2) is 82.6 Å². The molecule has 1 N–H and O–H groups in total. The molecule has 0 unspecified atom stereocenters. The zero-order valence-corrected chi connectivity index (χ0v) is 14.7. The summed E-state index contributed by atoms with van der Waals surface area (Å²) in [5.41, 5.74) is 3.60. The van der Waals surface area contributed by atoms with Gasteiger partial charge in [0.05, 0.1) is 20.8 Å². The Morgan fingerprint density at radius 3 is 2.04 bits per heavy atom. The van der Waals surface area contributed by atoms with Gasteiger partial charge in [-0.1, -0.05) is 48.5 Å². The standard InChI is InChI=1S/C21H16N2O2S/c24-26(25)19-11-5-1-7-14(19)16(15-8-2-6-12-20(15)26)13-21-22-17-9-3-4-10-18(17)23-21/h1-12,16H,13H2,(H,22,23). The Balaban J connectivity index is 1.69. The number of aromatic nitrogens is 2. The van der Waals surface area contributed by atoms with Crippen molar-refractivity contribution < 1.29 is 8.42 Å². The minimum atomic E-state index is -3.48. The highest BCUT2D eigenvalue weighted by Crippen LogP contribution is 2.42. The second-order valence-electron chi connectivity index (χ2n) is 6.54. The van der Waals surface area contributed by atoms with Gasteiger partial charge in [-0.05, 0) is 35.4 Å². The van der Waals surface area contributed by atoms with Gasteiger partial charge in [0.2, 0.25) is 9.84 Å². The maximum atomic E-state index is 13.0. The number of nitrogens with zero attached hydrogens (tertiary/aromatic N) is 1. The van der Waals surface area contributed by atoms with Gasteiger partial charge in [-0.15, -0.1) is 0 Å². The zero-order valence-electron chi connectivity index (χ0n) is 13.9. The molecule has 4 nitrogen and oxygen atoms in total. The number of para-hydroxylation sites is 2. The summed E-state index contributed by atoms with van der Waals surface area (Å²) in [6.07, 6.45) is 0.623. The van der Waals surface area contributed by atoms with E-state index in [-0.39, 0.29) is 5.92 Å². The Labute approximate surface area is 151 Å². The molecule has 0 amide bonds. The monoisotopic (exact) mass is 360 g/mol. The van der Waals surface area contributed by atoms with Gasteiger partial charge >= 0.3 is 0 Å². The fourth-order valence-corrected chi connectivity index (χ4v) is 5.62. The lowest BCUT2D eigenvalue weighted by Crippen LogP contribution is -2.20. The van der Waals surface area contributed by atoms with Crippen LogP contribution in [0.3, 0.4) is 0 Å². The minimum Gasteiger partial charge on any atom is -0.342 e. The highest BCUT2D eigenvalue weighted by atomic mass is 32.2. The van der Waals surface area contributed by atoms with E-state index in [0.29, 0.717) is 16.2 Å². The van der Waals surface area contributed by atoms with Crippen LogP contribution >= 0.6 is 0 Å². The molecule has 2 heterocycles. The van der Waals surface area contributed by atoms with Gasteiger partial charge < -0.3 is 4.98 Å². The molecule has 1 aliphatic heterocycles. The van der Waals surface area contributed by atoms with Crippen LogP contribution in [0.25, 0.3) is 11.0 Å². The molecule has 4 aromatic rings. The Morgan fingerprint density at radius 2 is 1.38 bits per heavy atom. The maximum absolute atomic E-state index is 13.0. The number of hydrogen-bond acceptors (Lipinski definition) is 3. The highest BCUT2D eigenvalue weighted by Gasteiger charge is 2.35. The molecule has 5 heteroatoms. The van der Waals surface area contributed by atoms with Crippen molar-refractivity contribution in [1.82, 2.24) is 9.97 Å². The third kappa shape index (κ3) is 2.21. The van der Waals surface area contributed by atoms with Gasteiger partial charge in [-0.2, -0.15) is 0 Å². The van der Waals surface area contributed by atoms with Crippen molar-refractivity contribution in [2.24, 2.45) is 0 Å². The predicted molar refractivity (Wildman–Crippen MR) is 100.0 cm³/mol. The van der Waals surface area contributed by atoms with Crippen LogP contribution in [-0.4, -0.2) is 18.4 Å². The summed E-state index contributed by atoms with van der Waals surface area (Å²) in [7, 11) is -3.48. The van der Waals surface area contributed by atoms with Crippen molar-refractivity contribution in [1.29, 1.82) is 0 Å². The highest BCUT2D eigenvalue weighted by molar-refractivity contribution is 7.91. The fraction of sp³-hybridized carbons (Fsp3) is 0.0952. The number of nitrogens with one attached hydrogen (secondary N) is 1. The molecule has 1 aliphatic rings. The van der Waals surface area contributed by atoms with Gasteiger partial charge in [0.25, 0.3) is 0 Å². The van der Waals surface area contributed by atoms with Crippen molar-refractivity contribution in [3.8, 4) is 0 Å². The lowest BCUT2D eigenvalue weighted by atomic mass is 9.87. The summed E-state index contributed by atoms with van der Waals surface area (Å²) >= 11 is 0. The summed E-state index contributed by atoms with van der Waals surface area (Å²) < 4.78 is 26.0. The van der Waals surface area contributed by atoms with Crippen LogP contribution in [0.4, 0.5) is 0 Å². The second-order valence-corrected chi connectivity index (χ2v) is 8.42. The van der Waals surface area contributed by atoms with Crippen molar-refractivity contribution in [2.75, 3.05) is 0 Å². The summed E-state index contributed by atoms with van der Waals surface area (Å²) in [4.78, 5) is 8.85. The van der Waals surface area contributed by atoms with E-state index in [1.807, 2.05) is 48.5 Å². The lowest BCUT2D eigenvalue weighted by molar-refractivity contribution is 0.584. The summed E-state index contributed by atoms with van der Waals surface area (Å²) in [5.74, 6) is 0.812. The van der Waals surface area contributed by atoms with E-state index >= 15 is 0 Å². The van der Waals surface area contributed by atoms with Crippen molar-refractivity contribution >= 4 is 20.9 Å². The van der Waals surface area contributed by atoms with Crippen LogP contribution in [-0.2, 0) is 16.3 Å². The maximum Gasteiger partial charge on any atom is 0.207 e. The minimum absolute atomic E-state index is 0.0495. The van der Waals surface area contributed by atoms with E-state index < -0.39 is 9.84 Å². The largest absolute Gasteiger partial charge is 0.342 e.